The molecule has 0 spiro atoms. The van der Waals surface area contributed by atoms with Crippen LogP contribution in [-0.4, -0.2) is 10.8 Å². The number of hydrogen-bond donors (Lipinski definition) is 0. The van der Waals surface area contributed by atoms with Crippen LogP contribution in [-0.2, 0) is 10.3 Å². The average Bonchev–Trinajstić information content (AvgIpc) is 3.16. The fraction of sp³-hybridized carbons (Fsp3) is 0.192. The van der Waals surface area contributed by atoms with Gasteiger partial charge in [0.25, 0.3) is 0 Å². The highest BCUT2D eigenvalue weighted by Crippen LogP contribution is 2.64. The van der Waals surface area contributed by atoms with Crippen molar-refractivity contribution in [2.75, 3.05) is 0 Å². The molecule has 4 heteroatoms. The second-order valence-electron chi connectivity index (χ2n) is 8.30. The lowest BCUT2D eigenvalue weighted by molar-refractivity contribution is 0.0329. The first kappa shape index (κ1) is 19.4. The number of nitrogens with zero attached hydrogens (tertiary/aromatic N) is 1. The third-order valence-electron chi connectivity index (χ3n) is 6.15. The summed E-state index contributed by atoms with van der Waals surface area (Å²) >= 11 is 13.6. The van der Waals surface area contributed by atoms with E-state index in [1.807, 2.05) is 72.8 Å². The van der Waals surface area contributed by atoms with E-state index in [1.165, 1.54) is 0 Å². The van der Waals surface area contributed by atoms with Gasteiger partial charge in [0.15, 0.2) is 5.54 Å². The molecular weight excluding hydrogens is 413 g/mol. The summed E-state index contributed by atoms with van der Waals surface area (Å²) < 4.78 is 6.59. The fourth-order valence-corrected chi connectivity index (χ4v) is 5.03. The van der Waals surface area contributed by atoms with Crippen LogP contribution in [0.1, 0.15) is 30.5 Å². The van der Waals surface area contributed by atoms with Crippen molar-refractivity contribution in [1.29, 1.82) is 0 Å². The lowest BCUT2D eigenvalue weighted by Crippen LogP contribution is -2.50. The van der Waals surface area contributed by atoms with Crippen LogP contribution in [0.5, 0.6) is 0 Å². The summed E-state index contributed by atoms with van der Waals surface area (Å²) in [5.74, 6) is 0.740. The molecular formula is C26H21Cl2NO. The van der Waals surface area contributed by atoms with Gasteiger partial charge in [-0.25, -0.2) is 0 Å². The predicted octanol–water partition coefficient (Wildman–Crippen LogP) is 7.07. The summed E-state index contributed by atoms with van der Waals surface area (Å²) in [6, 6.07) is 27.9. The minimum atomic E-state index is -1.12. The van der Waals surface area contributed by atoms with E-state index in [0.717, 1.165) is 28.2 Å². The predicted molar refractivity (Wildman–Crippen MR) is 124 cm³/mol. The Kier molecular flexibility index (Phi) is 4.36. The monoisotopic (exact) mass is 433 g/mol. The fourth-order valence-electron chi connectivity index (χ4n) is 4.52. The lowest BCUT2D eigenvalue weighted by Gasteiger charge is -2.41. The molecule has 150 valence electrons. The molecule has 0 fully saturated rings. The summed E-state index contributed by atoms with van der Waals surface area (Å²) in [4.78, 5) is 5.29. The third-order valence-corrected chi connectivity index (χ3v) is 7.24. The third kappa shape index (κ3) is 2.60. The van der Waals surface area contributed by atoms with Crippen molar-refractivity contribution in [3.05, 3.63) is 113 Å². The van der Waals surface area contributed by atoms with Crippen molar-refractivity contribution < 1.29 is 4.74 Å². The van der Waals surface area contributed by atoms with Gasteiger partial charge in [0.2, 0.25) is 5.06 Å². The van der Waals surface area contributed by atoms with Crippen molar-refractivity contribution in [2.45, 2.75) is 24.4 Å². The summed E-state index contributed by atoms with van der Waals surface area (Å²) in [6.45, 7) is 4.20. The van der Waals surface area contributed by atoms with Crippen LogP contribution in [0.4, 0.5) is 0 Å². The Morgan fingerprint density at radius 3 is 1.93 bits per heavy atom. The van der Waals surface area contributed by atoms with E-state index in [1.54, 1.807) is 0 Å². The maximum atomic E-state index is 7.46. The first-order valence-electron chi connectivity index (χ1n) is 9.95. The van der Waals surface area contributed by atoms with Crippen molar-refractivity contribution in [2.24, 2.45) is 10.4 Å². The Bertz CT molecular complexity index is 1150. The van der Waals surface area contributed by atoms with Crippen LogP contribution in [0.3, 0.4) is 0 Å². The van der Waals surface area contributed by atoms with Crippen molar-refractivity contribution in [3.63, 3.8) is 0 Å². The molecule has 0 aliphatic carbocycles. The van der Waals surface area contributed by atoms with E-state index in [9.17, 15) is 0 Å². The molecule has 0 bridgehead atoms. The highest BCUT2D eigenvalue weighted by molar-refractivity contribution is 6.31. The molecule has 0 amide bonds. The lowest BCUT2D eigenvalue weighted by atomic mass is 9.72. The minimum absolute atomic E-state index is 0.567. The molecule has 2 nitrogen and oxygen atoms in total. The van der Waals surface area contributed by atoms with Crippen LogP contribution >= 0.6 is 23.2 Å². The molecule has 0 unspecified atom stereocenters. The summed E-state index contributed by atoms with van der Waals surface area (Å²) in [5, 5.41) is -0.449. The van der Waals surface area contributed by atoms with Gasteiger partial charge in [0.05, 0.1) is 11.1 Å². The molecule has 0 saturated carbocycles. The number of hydrogen-bond acceptors (Lipinski definition) is 2. The topological polar surface area (TPSA) is 21.6 Å². The number of halogens is 2. The minimum Gasteiger partial charge on any atom is -0.467 e. The zero-order valence-corrected chi connectivity index (χ0v) is 18.3. The van der Waals surface area contributed by atoms with Crippen LogP contribution in [0.15, 0.2) is 96.0 Å². The zero-order valence-electron chi connectivity index (χ0n) is 16.8. The van der Waals surface area contributed by atoms with Gasteiger partial charge in [-0.15, -0.1) is 0 Å². The van der Waals surface area contributed by atoms with Gasteiger partial charge < -0.3 is 4.74 Å². The van der Waals surface area contributed by atoms with Gasteiger partial charge in [-0.3, -0.25) is 4.99 Å². The van der Waals surface area contributed by atoms with Crippen molar-refractivity contribution in [3.8, 4) is 0 Å². The van der Waals surface area contributed by atoms with Crippen LogP contribution in [0, 0.1) is 5.41 Å². The molecule has 5 rings (SSSR count). The molecule has 0 N–H and O–H groups in total. The number of ether oxygens (including phenoxy) is 1. The largest absolute Gasteiger partial charge is 0.467 e. The van der Waals surface area contributed by atoms with Crippen molar-refractivity contribution in [1.82, 2.24) is 0 Å². The first-order chi connectivity index (χ1) is 14.4. The van der Waals surface area contributed by atoms with Crippen LogP contribution in [0.2, 0.25) is 5.02 Å². The van der Waals surface area contributed by atoms with Crippen molar-refractivity contribution >= 4 is 34.7 Å². The second-order valence-corrected chi connectivity index (χ2v) is 9.27. The first-order valence-corrected chi connectivity index (χ1v) is 10.7. The summed E-state index contributed by atoms with van der Waals surface area (Å²) in [7, 11) is 0. The van der Waals surface area contributed by atoms with Crippen LogP contribution < -0.4 is 0 Å². The van der Waals surface area contributed by atoms with E-state index in [-0.39, 0.29) is 0 Å². The molecule has 0 aromatic heterocycles. The SMILES string of the molecule is CC1(C)C(c2ccccc2)=N[C@@]2(c3ccc(Cl)cc3)C=C(c3ccccc3)O[C@@]12Cl. The second kappa shape index (κ2) is 6.73. The van der Waals surface area contributed by atoms with E-state index in [2.05, 4.69) is 32.1 Å². The van der Waals surface area contributed by atoms with E-state index in [4.69, 9.17) is 32.9 Å². The quantitative estimate of drug-likeness (QED) is 0.404. The van der Waals surface area contributed by atoms with E-state index < -0.39 is 16.0 Å². The Morgan fingerprint density at radius 1 is 0.767 bits per heavy atom. The van der Waals surface area contributed by atoms with Gasteiger partial charge in [-0.05, 0) is 43.2 Å². The summed E-state index contributed by atoms with van der Waals surface area (Å²) in [5.41, 5.74) is 2.46. The normalized spacial score (nSPS) is 26.5. The Balaban J connectivity index is 1.78. The molecule has 2 aliphatic rings. The molecule has 2 aliphatic heterocycles. The molecule has 2 heterocycles. The molecule has 0 saturated heterocycles. The standard InChI is InChI=1S/C26H21Cl2NO/c1-24(2)23(19-11-7-4-8-12-19)29-25(20-13-15-21(27)16-14-20)17-22(30-26(24,25)28)18-9-5-3-6-10-18/h3-17H,1-2H3/t25-,26+/m1/s1. The maximum Gasteiger partial charge on any atom is 0.225 e. The number of aliphatic imine (C=N–C) groups is 1. The van der Waals surface area contributed by atoms with Crippen LogP contribution in [0.25, 0.3) is 5.76 Å². The Labute approximate surface area is 186 Å². The number of rotatable bonds is 3. The number of alkyl halides is 1. The average molecular weight is 434 g/mol. The highest BCUT2D eigenvalue weighted by atomic mass is 35.5. The molecule has 0 radical (unpaired) electrons. The van der Waals surface area contributed by atoms with E-state index >= 15 is 0 Å². The molecule has 2 atom stereocenters. The molecule has 30 heavy (non-hydrogen) atoms. The molecule has 3 aromatic carbocycles. The van der Waals surface area contributed by atoms with E-state index in [0.29, 0.717) is 5.02 Å². The molecule has 3 aromatic rings. The Hall–Kier alpha value is -2.55. The number of fused-ring (bicyclic) bond motifs is 1. The number of benzene rings is 3. The van der Waals surface area contributed by atoms with Gasteiger partial charge in [0, 0.05) is 10.6 Å². The van der Waals surface area contributed by atoms with Gasteiger partial charge >= 0.3 is 0 Å². The van der Waals surface area contributed by atoms with Gasteiger partial charge in [-0.2, -0.15) is 0 Å². The zero-order chi connectivity index (χ0) is 21.0. The van der Waals surface area contributed by atoms with Gasteiger partial charge in [-0.1, -0.05) is 96.0 Å². The Morgan fingerprint density at radius 2 is 1.33 bits per heavy atom. The van der Waals surface area contributed by atoms with Gasteiger partial charge in [0.1, 0.15) is 5.76 Å². The highest BCUT2D eigenvalue weighted by Gasteiger charge is 2.70. The smallest absolute Gasteiger partial charge is 0.225 e. The summed E-state index contributed by atoms with van der Waals surface area (Å²) in [6.07, 6.45) is 2.07. The maximum absolute atomic E-state index is 7.46.